The van der Waals surface area contributed by atoms with Crippen molar-refractivity contribution in [1.82, 2.24) is 0 Å². The summed E-state index contributed by atoms with van der Waals surface area (Å²) < 4.78 is 44.9. The van der Waals surface area contributed by atoms with Gasteiger partial charge in [0.05, 0.1) is 11.1 Å². The second-order valence-corrected chi connectivity index (χ2v) is 5.80. The Hall–Kier alpha value is -3.06. The lowest BCUT2D eigenvalue weighted by Crippen LogP contribution is -2.29. The second-order valence-electron chi connectivity index (χ2n) is 4.88. The molecule has 1 heterocycles. The first kappa shape index (κ1) is 19.3. The Kier molecular flexibility index (Phi) is 5.84. The van der Waals surface area contributed by atoms with Crippen molar-refractivity contribution in [3.8, 4) is 11.8 Å². The smallest absolute Gasteiger partial charge is 0.449 e. The number of carbonyl (C=O) groups is 2. The average molecular weight is 384 g/mol. The molecule has 0 aliphatic heterocycles. The number of thiophene rings is 1. The summed E-state index contributed by atoms with van der Waals surface area (Å²) in [5.74, 6) is -2.02. The van der Waals surface area contributed by atoms with E-state index in [1.807, 2.05) is 6.07 Å². The monoisotopic (exact) mass is 384 g/mol. The zero-order valence-corrected chi connectivity index (χ0v) is 14.0. The van der Waals surface area contributed by atoms with Gasteiger partial charge in [0, 0.05) is 0 Å². The van der Waals surface area contributed by atoms with E-state index in [-0.39, 0.29) is 11.1 Å². The van der Waals surface area contributed by atoms with Crippen LogP contribution in [0.15, 0.2) is 35.7 Å². The highest BCUT2D eigenvalue weighted by Crippen LogP contribution is 2.24. The summed E-state index contributed by atoms with van der Waals surface area (Å²) in [5.41, 5.74) is 0.232. The van der Waals surface area contributed by atoms with Crippen molar-refractivity contribution < 1.29 is 32.2 Å². The fourth-order valence-electron chi connectivity index (χ4n) is 1.78. The number of carbonyl (C=O) groups excluding carboxylic acids is 2. The minimum atomic E-state index is -4.83. The van der Waals surface area contributed by atoms with Gasteiger partial charge in [0.25, 0.3) is 5.91 Å². The Morgan fingerprint density at radius 2 is 1.88 bits per heavy atom. The molecule has 1 N–H and O–H groups in total. The molecule has 6 nitrogen and oxygen atoms in total. The van der Waals surface area contributed by atoms with Crippen LogP contribution >= 0.6 is 11.3 Å². The first-order valence-electron chi connectivity index (χ1n) is 7.05. The van der Waals surface area contributed by atoms with E-state index in [1.165, 1.54) is 13.0 Å². The molecule has 0 radical (unpaired) electrons. The molecule has 0 saturated heterocycles. The van der Waals surface area contributed by atoms with E-state index in [9.17, 15) is 22.8 Å². The number of nitriles is 1. The van der Waals surface area contributed by atoms with Crippen LogP contribution in [0.2, 0.25) is 0 Å². The summed E-state index contributed by atoms with van der Waals surface area (Å²) in [7, 11) is 0. The van der Waals surface area contributed by atoms with E-state index in [4.69, 9.17) is 10.00 Å². The SMILES string of the molecule is C[C@H](OC(=O)c1ccc(OC(F)(F)F)cc1)C(=O)Nc1sccc1C#N. The first-order valence-corrected chi connectivity index (χ1v) is 7.93. The molecule has 1 amide bonds. The van der Waals surface area contributed by atoms with Gasteiger partial charge in [-0.3, -0.25) is 4.79 Å². The van der Waals surface area contributed by atoms with Crippen LogP contribution in [0.25, 0.3) is 0 Å². The number of alkyl halides is 3. The van der Waals surface area contributed by atoms with Crippen molar-refractivity contribution in [1.29, 1.82) is 5.26 Å². The molecule has 1 aromatic heterocycles. The molecule has 0 unspecified atom stereocenters. The van der Waals surface area contributed by atoms with Gasteiger partial charge < -0.3 is 14.8 Å². The number of ether oxygens (including phenoxy) is 2. The second kappa shape index (κ2) is 7.88. The minimum Gasteiger partial charge on any atom is -0.449 e. The molecule has 26 heavy (non-hydrogen) atoms. The van der Waals surface area contributed by atoms with Crippen LogP contribution in [-0.4, -0.2) is 24.3 Å². The van der Waals surface area contributed by atoms with E-state index < -0.39 is 30.1 Å². The maximum Gasteiger partial charge on any atom is 0.573 e. The summed E-state index contributed by atoms with van der Waals surface area (Å²) in [4.78, 5) is 24.0. The minimum absolute atomic E-state index is 0.0481. The zero-order valence-electron chi connectivity index (χ0n) is 13.2. The molecule has 0 aliphatic carbocycles. The van der Waals surface area contributed by atoms with Crippen molar-refractivity contribution in [3.63, 3.8) is 0 Å². The Labute approximate surface area is 149 Å². The van der Waals surface area contributed by atoms with E-state index in [2.05, 4.69) is 10.1 Å². The average Bonchev–Trinajstić information content (AvgIpc) is 3.01. The van der Waals surface area contributed by atoms with Gasteiger partial charge in [0.2, 0.25) is 0 Å². The van der Waals surface area contributed by atoms with Crippen LogP contribution in [0, 0.1) is 11.3 Å². The fraction of sp³-hybridized carbons (Fsp3) is 0.188. The Bertz CT molecular complexity index is 840. The molecule has 1 aromatic carbocycles. The molecule has 0 saturated carbocycles. The van der Waals surface area contributed by atoms with Gasteiger partial charge >= 0.3 is 12.3 Å². The van der Waals surface area contributed by atoms with Crippen LogP contribution in [0.4, 0.5) is 18.2 Å². The summed E-state index contributed by atoms with van der Waals surface area (Å²) >= 11 is 1.14. The largest absolute Gasteiger partial charge is 0.573 e. The number of amides is 1. The normalized spacial score (nSPS) is 12.0. The van der Waals surface area contributed by atoms with Gasteiger partial charge in [-0.15, -0.1) is 24.5 Å². The van der Waals surface area contributed by atoms with Gasteiger partial charge in [-0.25, -0.2) is 4.79 Å². The van der Waals surface area contributed by atoms with Crippen LogP contribution in [-0.2, 0) is 9.53 Å². The maximum atomic E-state index is 12.1. The van der Waals surface area contributed by atoms with E-state index >= 15 is 0 Å². The van der Waals surface area contributed by atoms with Crippen LogP contribution < -0.4 is 10.1 Å². The molecular weight excluding hydrogens is 373 g/mol. The van der Waals surface area contributed by atoms with Crippen molar-refractivity contribution in [2.24, 2.45) is 0 Å². The lowest BCUT2D eigenvalue weighted by atomic mass is 10.2. The topological polar surface area (TPSA) is 88.4 Å². The third-order valence-corrected chi connectivity index (χ3v) is 3.83. The number of nitrogens with zero attached hydrogens (tertiary/aromatic N) is 1. The summed E-state index contributed by atoms with van der Waals surface area (Å²) in [6.07, 6.45) is -6.01. The highest BCUT2D eigenvalue weighted by Gasteiger charge is 2.31. The molecule has 0 spiro atoms. The number of hydrogen-bond donors (Lipinski definition) is 1. The summed E-state index contributed by atoms with van der Waals surface area (Å²) in [6.45, 7) is 1.33. The van der Waals surface area contributed by atoms with Crippen LogP contribution in [0.3, 0.4) is 0 Å². The van der Waals surface area contributed by atoms with Gasteiger partial charge in [-0.05, 0) is 42.6 Å². The number of hydrogen-bond acceptors (Lipinski definition) is 6. The number of benzene rings is 1. The number of esters is 1. The molecule has 1 atom stereocenters. The molecule has 0 bridgehead atoms. The number of halogens is 3. The highest BCUT2D eigenvalue weighted by atomic mass is 32.1. The number of rotatable bonds is 5. The highest BCUT2D eigenvalue weighted by molar-refractivity contribution is 7.14. The molecular formula is C16H11F3N2O4S. The molecule has 0 aliphatic rings. The fourth-order valence-corrected chi connectivity index (χ4v) is 2.52. The molecule has 136 valence electrons. The standard InChI is InChI=1S/C16H11F3N2O4S/c1-9(13(22)21-14-11(8-20)6-7-26-14)24-15(23)10-2-4-12(5-3-10)25-16(17,18)19/h2-7,9H,1H3,(H,21,22)/t9-/m0/s1. The van der Waals surface area contributed by atoms with Crippen molar-refractivity contribution in [2.45, 2.75) is 19.4 Å². The molecule has 10 heteroatoms. The number of anilines is 1. The molecule has 2 rings (SSSR count). The van der Waals surface area contributed by atoms with E-state index in [1.54, 1.807) is 5.38 Å². The van der Waals surface area contributed by atoms with E-state index in [0.717, 1.165) is 35.6 Å². The predicted octanol–water partition coefficient (Wildman–Crippen LogP) is 3.70. The van der Waals surface area contributed by atoms with Gasteiger partial charge in [0.1, 0.15) is 16.8 Å². The maximum absolute atomic E-state index is 12.1. The quantitative estimate of drug-likeness (QED) is 0.794. The van der Waals surface area contributed by atoms with Gasteiger partial charge in [-0.1, -0.05) is 0 Å². The van der Waals surface area contributed by atoms with Crippen LogP contribution in [0.5, 0.6) is 5.75 Å². The van der Waals surface area contributed by atoms with Crippen molar-refractivity contribution >= 4 is 28.2 Å². The first-order chi connectivity index (χ1) is 12.2. The summed E-state index contributed by atoms with van der Waals surface area (Å²) in [6, 6.07) is 7.52. The Morgan fingerprint density at radius 3 is 2.46 bits per heavy atom. The van der Waals surface area contributed by atoms with E-state index in [0.29, 0.717) is 5.00 Å². The van der Waals surface area contributed by atoms with Crippen molar-refractivity contribution in [2.75, 3.05) is 5.32 Å². The Balaban J connectivity index is 1.96. The van der Waals surface area contributed by atoms with Crippen molar-refractivity contribution in [3.05, 3.63) is 46.8 Å². The summed E-state index contributed by atoms with van der Waals surface area (Å²) in [5, 5.41) is 13.3. The lowest BCUT2D eigenvalue weighted by Gasteiger charge is -2.13. The zero-order chi connectivity index (χ0) is 19.3. The van der Waals surface area contributed by atoms with Gasteiger partial charge in [0.15, 0.2) is 6.10 Å². The third-order valence-electron chi connectivity index (χ3n) is 3.00. The molecule has 0 fully saturated rings. The lowest BCUT2D eigenvalue weighted by molar-refractivity contribution is -0.274. The van der Waals surface area contributed by atoms with Crippen LogP contribution in [0.1, 0.15) is 22.8 Å². The Morgan fingerprint density at radius 1 is 1.23 bits per heavy atom. The van der Waals surface area contributed by atoms with Gasteiger partial charge in [-0.2, -0.15) is 5.26 Å². The third kappa shape index (κ3) is 5.22. The number of nitrogens with one attached hydrogen (secondary N) is 1. The predicted molar refractivity (Wildman–Crippen MR) is 85.7 cm³/mol. The molecule has 2 aromatic rings.